The Hall–Kier alpha value is -3.71. The second-order valence-corrected chi connectivity index (χ2v) is 9.37. The number of carbonyl (C=O) groups excluding carboxylic acids is 2. The quantitative estimate of drug-likeness (QED) is 0.411. The van der Waals surface area contributed by atoms with Crippen LogP contribution in [0.2, 0.25) is 0 Å². The molecule has 1 fully saturated rings. The summed E-state index contributed by atoms with van der Waals surface area (Å²) >= 11 is 0. The Bertz CT molecular complexity index is 1140. The summed E-state index contributed by atoms with van der Waals surface area (Å²) in [6, 6.07) is 21.4. The molecule has 0 radical (unpaired) electrons. The van der Waals surface area contributed by atoms with Crippen LogP contribution in [0.5, 0.6) is 0 Å². The molecule has 1 aliphatic carbocycles. The molecule has 2 aromatic carbocycles. The van der Waals surface area contributed by atoms with Crippen LogP contribution in [0.25, 0.3) is 11.3 Å². The van der Waals surface area contributed by atoms with Crippen molar-refractivity contribution in [2.24, 2.45) is 17.6 Å². The molecule has 2 amide bonds. The number of hydrogen-bond donors (Lipinski definition) is 3. The third-order valence-electron chi connectivity index (χ3n) is 6.95. The minimum absolute atomic E-state index is 0.0298. The summed E-state index contributed by atoms with van der Waals surface area (Å²) in [5.74, 6) is 0.677. The largest absolute Gasteiger partial charge is 0.453 e. The fourth-order valence-electron chi connectivity index (χ4n) is 4.77. The van der Waals surface area contributed by atoms with Crippen molar-refractivity contribution < 1.29 is 14.3 Å². The van der Waals surface area contributed by atoms with Crippen molar-refractivity contribution in [3.8, 4) is 11.3 Å². The summed E-state index contributed by atoms with van der Waals surface area (Å²) in [6.45, 7) is 0.699. The maximum Gasteiger partial charge on any atom is 0.411 e. The van der Waals surface area contributed by atoms with E-state index in [-0.39, 0.29) is 17.9 Å². The number of nitrogens with two attached hydrogens (primary N) is 1. The highest BCUT2D eigenvalue weighted by Crippen LogP contribution is 2.30. The van der Waals surface area contributed by atoms with Gasteiger partial charge in [-0.15, -0.1) is 0 Å². The molecule has 7 nitrogen and oxygen atoms in total. The Morgan fingerprint density at radius 2 is 1.75 bits per heavy atom. The number of pyridine rings is 1. The zero-order chi connectivity index (χ0) is 25.3. The fourth-order valence-corrected chi connectivity index (χ4v) is 4.77. The average molecular weight is 487 g/mol. The zero-order valence-electron chi connectivity index (χ0n) is 20.7. The van der Waals surface area contributed by atoms with Gasteiger partial charge < -0.3 is 15.8 Å². The van der Waals surface area contributed by atoms with E-state index < -0.39 is 6.09 Å². The standard InChI is InChI=1S/C29H34N4O3/c1-36-29(35)32-25-13-11-22(12-14-25)26-18-24(15-16-31-26)27(17-20-5-3-2-4-6-20)33-28(34)23-9-7-21(19-30)8-10-23/h2-6,11-16,18,21,23,27H,7-10,17,19,30H2,1H3,(H,32,35)(H,33,34). The zero-order valence-corrected chi connectivity index (χ0v) is 20.7. The van der Waals surface area contributed by atoms with E-state index in [1.54, 1.807) is 6.20 Å². The number of benzene rings is 2. The lowest BCUT2D eigenvalue weighted by Crippen LogP contribution is -2.37. The molecular weight excluding hydrogens is 452 g/mol. The Kier molecular flexibility index (Phi) is 8.68. The van der Waals surface area contributed by atoms with Crippen LogP contribution in [0.4, 0.5) is 10.5 Å². The number of amides is 2. The summed E-state index contributed by atoms with van der Waals surface area (Å²) in [4.78, 5) is 29.3. The molecule has 36 heavy (non-hydrogen) atoms. The number of methoxy groups -OCH3 is 1. The van der Waals surface area contributed by atoms with Crippen LogP contribution in [-0.4, -0.2) is 30.6 Å². The van der Waals surface area contributed by atoms with Crippen molar-refractivity contribution in [2.45, 2.75) is 38.1 Å². The molecule has 1 aromatic heterocycles. The molecule has 1 heterocycles. The lowest BCUT2D eigenvalue weighted by molar-refractivity contribution is -0.127. The average Bonchev–Trinajstić information content (AvgIpc) is 2.93. The first-order valence-electron chi connectivity index (χ1n) is 12.5. The third kappa shape index (κ3) is 6.70. The first-order chi connectivity index (χ1) is 17.6. The molecule has 1 saturated carbocycles. The maximum absolute atomic E-state index is 13.3. The van der Waals surface area contributed by atoms with Gasteiger partial charge in [0, 0.05) is 23.4 Å². The Balaban J connectivity index is 1.54. The minimum atomic E-state index is -0.515. The molecule has 0 bridgehead atoms. The summed E-state index contributed by atoms with van der Waals surface area (Å²) in [6.07, 6.45) is 5.76. The van der Waals surface area contributed by atoms with E-state index in [0.29, 0.717) is 24.6 Å². The molecule has 1 aliphatic rings. The molecule has 1 unspecified atom stereocenters. The number of anilines is 1. The van der Waals surface area contributed by atoms with Gasteiger partial charge in [0.15, 0.2) is 0 Å². The first-order valence-corrected chi connectivity index (χ1v) is 12.5. The fraction of sp³-hybridized carbons (Fsp3) is 0.345. The lowest BCUT2D eigenvalue weighted by atomic mass is 9.81. The normalized spacial score (nSPS) is 18.2. The summed E-state index contributed by atoms with van der Waals surface area (Å²) in [5, 5.41) is 5.99. The number of hydrogen-bond acceptors (Lipinski definition) is 5. The van der Waals surface area contributed by atoms with E-state index in [9.17, 15) is 9.59 Å². The summed E-state index contributed by atoms with van der Waals surface area (Å²) in [7, 11) is 1.33. The Morgan fingerprint density at radius 3 is 2.42 bits per heavy atom. The third-order valence-corrected chi connectivity index (χ3v) is 6.95. The highest BCUT2D eigenvalue weighted by Gasteiger charge is 2.27. The highest BCUT2D eigenvalue weighted by molar-refractivity contribution is 5.85. The van der Waals surface area contributed by atoms with Crippen LogP contribution in [0.3, 0.4) is 0 Å². The molecule has 0 aliphatic heterocycles. The van der Waals surface area contributed by atoms with Gasteiger partial charge in [-0.25, -0.2) is 4.79 Å². The van der Waals surface area contributed by atoms with Gasteiger partial charge in [-0.3, -0.25) is 15.1 Å². The van der Waals surface area contributed by atoms with Crippen molar-refractivity contribution in [3.05, 3.63) is 84.1 Å². The molecule has 4 N–H and O–H groups in total. The van der Waals surface area contributed by atoms with E-state index in [2.05, 4.69) is 32.5 Å². The maximum atomic E-state index is 13.3. The van der Waals surface area contributed by atoms with Gasteiger partial charge in [0.2, 0.25) is 5.91 Å². The van der Waals surface area contributed by atoms with Gasteiger partial charge >= 0.3 is 6.09 Å². The Morgan fingerprint density at radius 1 is 1.03 bits per heavy atom. The van der Waals surface area contributed by atoms with Crippen molar-refractivity contribution >= 4 is 17.7 Å². The number of ether oxygens (including phenoxy) is 1. The number of nitrogens with zero attached hydrogens (tertiary/aromatic N) is 1. The summed E-state index contributed by atoms with van der Waals surface area (Å²) in [5.41, 5.74) is 10.3. The molecule has 0 saturated heterocycles. The van der Waals surface area contributed by atoms with Crippen molar-refractivity contribution in [1.82, 2.24) is 10.3 Å². The number of aromatic nitrogens is 1. The second-order valence-electron chi connectivity index (χ2n) is 9.37. The number of nitrogens with one attached hydrogen (secondary N) is 2. The lowest BCUT2D eigenvalue weighted by Gasteiger charge is -2.29. The smallest absolute Gasteiger partial charge is 0.411 e. The highest BCUT2D eigenvalue weighted by atomic mass is 16.5. The SMILES string of the molecule is COC(=O)Nc1ccc(-c2cc(C(Cc3ccccc3)NC(=O)C3CCC(CN)CC3)ccn2)cc1. The van der Waals surface area contributed by atoms with Gasteiger partial charge in [0.25, 0.3) is 0 Å². The molecule has 0 spiro atoms. The molecule has 188 valence electrons. The summed E-state index contributed by atoms with van der Waals surface area (Å²) < 4.78 is 4.64. The van der Waals surface area contributed by atoms with Gasteiger partial charge in [-0.05, 0) is 80.0 Å². The van der Waals surface area contributed by atoms with E-state index >= 15 is 0 Å². The molecular formula is C29H34N4O3. The topological polar surface area (TPSA) is 106 Å². The van der Waals surface area contributed by atoms with Crippen LogP contribution in [0.1, 0.15) is 42.9 Å². The predicted molar refractivity (Wildman–Crippen MR) is 141 cm³/mol. The number of rotatable bonds is 8. The van der Waals surface area contributed by atoms with Crippen LogP contribution < -0.4 is 16.4 Å². The van der Waals surface area contributed by atoms with E-state index in [1.165, 1.54) is 7.11 Å². The molecule has 3 aromatic rings. The van der Waals surface area contributed by atoms with Crippen LogP contribution in [0, 0.1) is 11.8 Å². The minimum Gasteiger partial charge on any atom is -0.453 e. The Labute approximate surface area is 212 Å². The van der Waals surface area contributed by atoms with Crippen molar-refractivity contribution in [1.29, 1.82) is 0 Å². The van der Waals surface area contributed by atoms with Crippen molar-refractivity contribution in [2.75, 3.05) is 19.0 Å². The van der Waals surface area contributed by atoms with Crippen LogP contribution in [-0.2, 0) is 16.0 Å². The molecule has 7 heteroatoms. The molecule has 1 atom stereocenters. The van der Waals surface area contributed by atoms with Gasteiger partial charge in [-0.1, -0.05) is 42.5 Å². The van der Waals surface area contributed by atoms with Crippen molar-refractivity contribution in [3.63, 3.8) is 0 Å². The van der Waals surface area contributed by atoms with Gasteiger partial charge in [0.05, 0.1) is 18.8 Å². The van der Waals surface area contributed by atoms with Gasteiger partial charge in [-0.2, -0.15) is 0 Å². The van der Waals surface area contributed by atoms with Crippen LogP contribution in [0.15, 0.2) is 72.9 Å². The van der Waals surface area contributed by atoms with Gasteiger partial charge in [0.1, 0.15) is 0 Å². The first kappa shape index (κ1) is 25.4. The second kappa shape index (κ2) is 12.3. The van der Waals surface area contributed by atoms with Crippen LogP contribution >= 0.6 is 0 Å². The van der Waals surface area contributed by atoms with E-state index in [4.69, 9.17) is 5.73 Å². The van der Waals surface area contributed by atoms with E-state index in [1.807, 2.05) is 54.6 Å². The van der Waals surface area contributed by atoms with E-state index in [0.717, 1.165) is 48.1 Å². The number of carbonyl (C=O) groups is 2. The molecule has 4 rings (SSSR count). The predicted octanol–water partition coefficient (Wildman–Crippen LogP) is 5.09. The monoisotopic (exact) mass is 486 g/mol.